The van der Waals surface area contributed by atoms with Gasteiger partial charge in [-0.3, -0.25) is 9.59 Å². The van der Waals surface area contributed by atoms with E-state index in [1.54, 1.807) is 38.4 Å². The van der Waals surface area contributed by atoms with Crippen LogP contribution in [0.1, 0.15) is 21.5 Å². The SMILES string of the molecule is COc1ccc(C(=O)N(C)Cc2cc3ccc(C)cc3[nH]c2=O)cc1. The van der Waals surface area contributed by atoms with E-state index in [-0.39, 0.29) is 18.0 Å². The molecule has 1 amide bonds. The molecule has 0 atom stereocenters. The number of benzene rings is 2. The topological polar surface area (TPSA) is 62.4 Å². The van der Waals surface area contributed by atoms with E-state index >= 15 is 0 Å². The summed E-state index contributed by atoms with van der Waals surface area (Å²) in [4.78, 5) is 29.3. The summed E-state index contributed by atoms with van der Waals surface area (Å²) in [6.45, 7) is 2.22. The molecule has 0 bridgehead atoms. The van der Waals surface area contributed by atoms with Gasteiger partial charge in [0.15, 0.2) is 0 Å². The van der Waals surface area contributed by atoms with Crippen molar-refractivity contribution in [1.29, 1.82) is 0 Å². The van der Waals surface area contributed by atoms with Crippen molar-refractivity contribution in [1.82, 2.24) is 9.88 Å². The lowest BCUT2D eigenvalue weighted by Crippen LogP contribution is -2.29. The van der Waals surface area contributed by atoms with Crippen LogP contribution in [0.15, 0.2) is 53.3 Å². The van der Waals surface area contributed by atoms with Crippen molar-refractivity contribution in [3.63, 3.8) is 0 Å². The molecular formula is C20H20N2O3. The third kappa shape index (κ3) is 3.55. The molecule has 3 rings (SSSR count). The third-order valence-electron chi connectivity index (χ3n) is 4.17. The average molecular weight is 336 g/mol. The fourth-order valence-electron chi connectivity index (χ4n) is 2.76. The zero-order valence-corrected chi connectivity index (χ0v) is 14.5. The molecule has 0 aliphatic carbocycles. The van der Waals surface area contributed by atoms with Gasteiger partial charge in [-0.15, -0.1) is 0 Å². The van der Waals surface area contributed by atoms with Crippen LogP contribution in [0.5, 0.6) is 5.75 Å². The number of methoxy groups -OCH3 is 1. The first kappa shape index (κ1) is 16.8. The lowest BCUT2D eigenvalue weighted by atomic mass is 10.1. The van der Waals surface area contributed by atoms with E-state index in [0.717, 1.165) is 16.5 Å². The number of H-pyrrole nitrogens is 1. The lowest BCUT2D eigenvalue weighted by Gasteiger charge is -2.17. The number of nitrogens with one attached hydrogen (secondary N) is 1. The number of carbonyl (C=O) groups excluding carboxylic acids is 1. The Morgan fingerprint density at radius 3 is 2.52 bits per heavy atom. The summed E-state index contributed by atoms with van der Waals surface area (Å²) in [6.07, 6.45) is 0. The van der Waals surface area contributed by atoms with Gasteiger partial charge in [0.1, 0.15) is 5.75 Å². The molecule has 1 aromatic heterocycles. The van der Waals surface area contributed by atoms with E-state index in [1.807, 2.05) is 31.2 Å². The maximum Gasteiger partial charge on any atom is 0.253 e. The molecule has 3 aromatic rings. The Kier molecular flexibility index (Phi) is 4.57. The van der Waals surface area contributed by atoms with Crippen LogP contribution in [-0.2, 0) is 6.54 Å². The van der Waals surface area contributed by atoms with Crippen molar-refractivity contribution in [2.24, 2.45) is 0 Å². The lowest BCUT2D eigenvalue weighted by molar-refractivity contribution is 0.0784. The first-order valence-corrected chi connectivity index (χ1v) is 8.00. The summed E-state index contributed by atoms with van der Waals surface area (Å²) >= 11 is 0. The zero-order valence-electron chi connectivity index (χ0n) is 14.5. The highest BCUT2D eigenvalue weighted by molar-refractivity contribution is 5.94. The first-order chi connectivity index (χ1) is 12.0. The van der Waals surface area contributed by atoms with Crippen LogP contribution >= 0.6 is 0 Å². The number of aromatic nitrogens is 1. The van der Waals surface area contributed by atoms with Crippen LogP contribution in [0.3, 0.4) is 0 Å². The fraction of sp³-hybridized carbons (Fsp3) is 0.200. The number of fused-ring (bicyclic) bond motifs is 1. The number of aromatic amines is 1. The van der Waals surface area contributed by atoms with Crippen LogP contribution in [0.4, 0.5) is 0 Å². The minimum atomic E-state index is -0.174. The number of carbonyl (C=O) groups is 1. The fourth-order valence-corrected chi connectivity index (χ4v) is 2.76. The normalized spacial score (nSPS) is 10.7. The molecular weight excluding hydrogens is 316 g/mol. The van der Waals surface area contributed by atoms with E-state index in [1.165, 1.54) is 4.90 Å². The van der Waals surface area contributed by atoms with Crippen molar-refractivity contribution in [2.75, 3.05) is 14.2 Å². The smallest absolute Gasteiger partial charge is 0.253 e. The standard InChI is InChI=1S/C20H20N2O3/c1-13-4-5-15-11-16(19(23)21-18(15)10-13)12-22(2)20(24)14-6-8-17(25-3)9-7-14/h4-11H,12H2,1-3H3,(H,21,23). The van der Waals surface area contributed by atoms with Crippen molar-refractivity contribution < 1.29 is 9.53 Å². The summed E-state index contributed by atoms with van der Waals surface area (Å²) in [6, 6.07) is 14.7. The molecule has 0 aliphatic heterocycles. The number of hydrogen-bond acceptors (Lipinski definition) is 3. The van der Waals surface area contributed by atoms with Gasteiger partial charge in [-0.1, -0.05) is 12.1 Å². The molecule has 0 aliphatic rings. The van der Waals surface area contributed by atoms with Crippen molar-refractivity contribution in [3.8, 4) is 5.75 Å². The Balaban J connectivity index is 1.84. The highest BCUT2D eigenvalue weighted by Gasteiger charge is 2.14. The monoisotopic (exact) mass is 336 g/mol. The predicted octanol–water partition coefficient (Wildman–Crippen LogP) is 3.12. The van der Waals surface area contributed by atoms with Gasteiger partial charge in [-0.25, -0.2) is 0 Å². The molecule has 0 radical (unpaired) electrons. The molecule has 0 unspecified atom stereocenters. The van der Waals surface area contributed by atoms with Gasteiger partial charge in [0.2, 0.25) is 0 Å². The van der Waals surface area contributed by atoms with Crippen LogP contribution in [0.2, 0.25) is 0 Å². The maximum absolute atomic E-state index is 12.5. The highest BCUT2D eigenvalue weighted by Crippen LogP contribution is 2.16. The van der Waals surface area contributed by atoms with Gasteiger partial charge in [-0.2, -0.15) is 0 Å². The van der Waals surface area contributed by atoms with E-state index < -0.39 is 0 Å². The summed E-state index contributed by atoms with van der Waals surface area (Å²) in [7, 11) is 3.27. The summed E-state index contributed by atoms with van der Waals surface area (Å²) in [5.41, 5.74) is 2.82. The number of nitrogens with zero attached hydrogens (tertiary/aromatic N) is 1. The van der Waals surface area contributed by atoms with Gasteiger partial charge in [0.05, 0.1) is 13.7 Å². The Morgan fingerprint density at radius 1 is 1.12 bits per heavy atom. The van der Waals surface area contributed by atoms with Crippen molar-refractivity contribution in [3.05, 3.63) is 75.6 Å². The largest absolute Gasteiger partial charge is 0.497 e. The quantitative estimate of drug-likeness (QED) is 0.796. The Morgan fingerprint density at radius 2 is 1.84 bits per heavy atom. The van der Waals surface area contributed by atoms with E-state index in [9.17, 15) is 9.59 Å². The van der Waals surface area contributed by atoms with Crippen molar-refractivity contribution >= 4 is 16.8 Å². The Hall–Kier alpha value is -3.08. The van der Waals surface area contributed by atoms with E-state index in [0.29, 0.717) is 16.9 Å². The van der Waals surface area contributed by atoms with E-state index in [2.05, 4.69) is 4.98 Å². The maximum atomic E-state index is 12.5. The van der Waals surface area contributed by atoms with Gasteiger partial charge in [-0.05, 0) is 54.3 Å². The molecule has 0 spiro atoms. The van der Waals surface area contributed by atoms with Crippen LogP contribution in [-0.4, -0.2) is 29.9 Å². The predicted molar refractivity (Wildman–Crippen MR) is 98.1 cm³/mol. The second-order valence-electron chi connectivity index (χ2n) is 6.10. The highest BCUT2D eigenvalue weighted by atomic mass is 16.5. The van der Waals surface area contributed by atoms with Gasteiger partial charge < -0.3 is 14.6 Å². The second kappa shape index (κ2) is 6.81. The molecule has 128 valence electrons. The summed E-state index contributed by atoms with van der Waals surface area (Å²) in [5, 5.41) is 0.950. The second-order valence-corrected chi connectivity index (χ2v) is 6.10. The molecule has 5 nitrogen and oxygen atoms in total. The van der Waals surface area contributed by atoms with Crippen LogP contribution in [0, 0.1) is 6.92 Å². The first-order valence-electron chi connectivity index (χ1n) is 8.00. The van der Waals surface area contributed by atoms with E-state index in [4.69, 9.17) is 4.74 Å². The third-order valence-corrected chi connectivity index (χ3v) is 4.17. The molecule has 1 heterocycles. The minimum absolute atomic E-state index is 0.147. The summed E-state index contributed by atoms with van der Waals surface area (Å²) < 4.78 is 5.10. The number of pyridine rings is 1. The van der Waals surface area contributed by atoms with Gasteiger partial charge in [0.25, 0.3) is 11.5 Å². The molecule has 2 aromatic carbocycles. The Bertz CT molecular complexity index is 974. The van der Waals surface area contributed by atoms with Crippen molar-refractivity contribution in [2.45, 2.75) is 13.5 Å². The molecule has 0 saturated carbocycles. The molecule has 5 heteroatoms. The molecule has 1 N–H and O–H groups in total. The minimum Gasteiger partial charge on any atom is -0.497 e. The van der Waals surface area contributed by atoms with Crippen LogP contribution < -0.4 is 10.3 Å². The number of aryl methyl sites for hydroxylation is 1. The average Bonchev–Trinajstić information content (AvgIpc) is 2.62. The molecule has 25 heavy (non-hydrogen) atoms. The zero-order chi connectivity index (χ0) is 18.0. The number of ether oxygens (including phenoxy) is 1. The number of hydrogen-bond donors (Lipinski definition) is 1. The molecule has 0 fully saturated rings. The number of amides is 1. The van der Waals surface area contributed by atoms with Gasteiger partial charge in [0, 0.05) is 23.7 Å². The molecule has 0 saturated heterocycles. The van der Waals surface area contributed by atoms with Gasteiger partial charge >= 0.3 is 0 Å². The van der Waals surface area contributed by atoms with Crippen LogP contribution in [0.25, 0.3) is 10.9 Å². The Labute approximate surface area is 145 Å². The summed E-state index contributed by atoms with van der Waals surface area (Å²) in [5.74, 6) is 0.548. The number of rotatable bonds is 4.